The van der Waals surface area contributed by atoms with Crippen LogP contribution in [0, 0.1) is 5.92 Å². The summed E-state index contributed by atoms with van der Waals surface area (Å²) in [5.74, 6) is 0.847. The Morgan fingerprint density at radius 3 is 2.70 bits per heavy atom. The Kier molecular flexibility index (Phi) is 6.26. The summed E-state index contributed by atoms with van der Waals surface area (Å²) in [5, 5.41) is 0. The van der Waals surface area contributed by atoms with E-state index < -0.39 is 0 Å². The van der Waals surface area contributed by atoms with Crippen LogP contribution in [0.5, 0.6) is 0 Å². The first-order chi connectivity index (χ1) is 9.72. The molecule has 2 heterocycles. The van der Waals surface area contributed by atoms with Crippen molar-refractivity contribution in [1.29, 1.82) is 0 Å². The first kappa shape index (κ1) is 15.7. The Bertz CT molecular complexity index is 301. The summed E-state index contributed by atoms with van der Waals surface area (Å²) >= 11 is 0. The quantitative estimate of drug-likeness (QED) is 0.779. The van der Waals surface area contributed by atoms with Gasteiger partial charge in [0, 0.05) is 33.3 Å². The van der Waals surface area contributed by atoms with Crippen molar-refractivity contribution in [3.63, 3.8) is 0 Å². The van der Waals surface area contributed by atoms with Gasteiger partial charge in [0.15, 0.2) is 0 Å². The average Bonchev–Trinajstić information content (AvgIpc) is 2.94. The number of hydrogen-bond acceptors (Lipinski definition) is 4. The number of carbonyl (C=O) groups is 1. The van der Waals surface area contributed by atoms with Crippen LogP contribution in [0.15, 0.2) is 0 Å². The summed E-state index contributed by atoms with van der Waals surface area (Å²) in [5.41, 5.74) is 5.58. The normalized spacial score (nSPS) is 25.9. The SMILES string of the molecule is COC(CN)CC(=O)N1CCC(CN2CCCCC2)C1. The van der Waals surface area contributed by atoms with Crippen LogP contribution in [0.4, 0.5) is 0 Å². The van der Waals surface area contributed by atoms with Gasteiger partial charge in [0.25, 0.3) is 0 Å². The number of ether oxygens (including phenoxy) is 1. The Hall–Kier alpha value is -0.650. The Morgan fingerprint density at radius 2 is 2.05 bits per heavy atom. The lowest BCUT2D eigenvalue weighted by Gasteiger charge is -2.29. The monoisotopic (exact) mass is 283 g/mol. The van der Waals surface area contributed by atoms with E-state index in [-0.39, 0.29) is 12.0 Å². The molecule has 2 aliphatic rings. The van der Waals surface area contributed by atoms with E-state index in [1.54, 1.807) is 7.11 Å². The number of piperidine rings is 1. The van der Waals surface area contributed by atoms with E-state index in [1.165, 1.54) is 32.4 Å². The molecule has 0 aromatic heterocycles. The molecule has 2 aliphatic heterocycles. The fourth-order valence-electron chi connectivity index (χ4n) is 3.30. The van der Waals surface area contributed by atoms with Crippen molar-refractivity contribution in [3.8, 4) is 0 Å². The summed E-state index contributed by atoms with van der Waals surface area (Å²) in [4.78, 5) is 16.8. The highest BCUT2D eigenvalue weighted by molar-refractivity contribution is 5.77. The molecule has 2 N–H and O–H groups in total. The van der Waals surface area contributed by atoms with Gasteiger partial charge in [0.2, 0.25) is 5.91 Å². The maximum absolute atomic E-state index is 12.2. The molecule has 0 aromatic rings. The van der Waals surface area contributed by atoms with Crippen molar-refractivity contribution >= 4 is 5.91 Å². The van der Waals surface area contributed by atoms with Crippen molar-refractivity contribution in [2.45, 2.75) is 38.2 Å². The molecule has 5 heteroatoms. The van der Waals surface area contributed by atoms with Gasteiger partial charge in [-0.2, -0.15) is 0 Å². The van der Waals surface area contributed by atoms with Gasteiger partial charge < -0.3 is 20.3 Å². The minimum Gasteiger partial charge on any atom is -0.380 e. The maximum atomic E-state index is 12.2. The smallest absolute Gasteiger partial charge is 0.225 e. The fourth-order valence-corrected chi connectivity index (χ4v) is 3.30. The van der Waals surface area contributed by atoms with Gasteiger partial charge in [0.05, 0.1) is 12.5 Å². The summed E-state index contributed by atoms with van der Waals surface area (Å²) in [7, 11) is 1.62. The predicted molar refractivity (Wildman–Crippen MR) is 79.4 cm³/mol. The molecule has 5 nitrogen and oxygen atoms in total. The van der Waals surface area contributed by atoms with E-state index in [0.717, 1.165) is 26.1 Å². The van der Waals surface area contributed by atoms with Crippen molar-refractivity contribution in [3.05, 3.63) is 0 Å². The summed E-state index contributed by atoms with van der Waals surface area (Å²) < 4.78 is 5.20. The molecular formula is C15H29N3O2. The fraction of sp³-hybridized carbons (Fsp3) is 0.933. The van der Waals surface area contributed by atoms with Crippen LogP contribution in [0.3, 0.4) is 0 Å². The second kappa shape index (κ2) is 7.96. The molecule has 2 unspecified atom stereocenters. The van der Waals surface area contributed by atoms with Crippen LogP contribution >= 0.6 is 0 Å². The number of carbonyl (C=O) groups excluding carboxylic acids is 1. The average molecular weight is 283 g/mol. The van der Waals surface area contributed by atoms with E-state index in [9.17, 15) is 4.79 Å². The molecule has 0 spiro atoms. The molecule has 116 valence electrons. The lowest BCUT2D eigenvalue weighted by atomic mass is 10.1. The van der Waals surface area contributed by atoms with Gasteiger partial charge in [-0.1, -0.05) is 6.42 Å². The van der Waals surface area contributed by atoms with E-state index >= 15 is 0 Å². The Morgan fingerprint density at radius 1 is 1.30 bits per heavy atom. The maximum Gasteiger partial charge on any atom is 0.225 e. The zero-order valence-electron chi connectivity index (χ0n) is 12.7. The largest absolute Gasteiger partial charge is 0.380 e. The standard InChI is InChI=1S/C15H29N3O2/c1-20-14(10-16)9-15(19)18-8-5-13(12-18)11-17-6-3-2-4-7-17/h13-14H,2-12,16H2,1H3. The number of amides is 1. The second-order valence-corrected chi connectivity index (χ2v) is 6.15. The van der Waals surface area contributed by atoms with Crippen LogP contribution in [0.2, 0.25) is 0 Å². The summed E-state index contributed by atoms with van der Waals surface area (Å²) in [6, 6.07) is 0. The van der Waals surface area contributed by atoms with Crippen molar-refractivity contribution in [2.75, 3.05) is 46.4 Å². The molecule has 0 saturated carbocycles. The third-order valence-electron chi connectivity index (χ3n) is 4.60. The highest BCUT2D eigenvalue weighted by atomic mass is 16.5. The van der Waals surface area contributed by atoms with Gasteiger partial charge in [-0.25, -0.2) is 0 Å². The van der Waals surface area contributed by atoms with Gasteiger partial charge in [-0.3, -0.25) is 4.79 Å². The van der Waals surface area contributed by atoms with Crippen LogP contribution in [0.25, 0.3) is 0 Å². The van der Waals surface area contributed by atoms with Gasteiger partial charge >= 0.3 is 0 Å². The Labute approximate surface area is 122 Å². The van der Waals surface area contributed by atoms with Crippen LogP contribution in [0.1, 0.15) is 32.1 Å². The topological polar surface area (TPSA) is 58.8 Å². The highest BCUT2D eigenvalue weighted by Crippen LogP contribution is 2.20. The lowest BCUT2D eigenvalue weighted by molar-refractivity contribution is -0.132. The third-order valence-corrected chi connectivity index (χ3v) is 4.60. The van der Waals surface area contributed by atoms with Crippen LogP contribution in [-0.4, -0.2) is 68.2 Å². The number of likely N-dealkylation sites (tertiary alicyclic amines) is 2. The van der Waals surface area contributed by atoms with Gasteiger partial charge in [-0.05, 0) is 38.3 Å². The molecule has 20 heavy (non-hydrogen) atoms. The van der Waals surface area contributed by atoms with Crippen molar-refractivity contribution in [2.24, 2.45) is 11.7 Å². The molecule has 0 radical (unpaired) electrons. The molecule has 0 aromatic carbocycles. The molecule has 2 fully saturated rings. The molecular weight excluding hydrogens is 254 g/mol. The lowest BCUT2D eigenvalue weighted by Crippen LogP contribution is -2.37. The molecule has 1 amide bonds. The minimum absolute atomic E-state index is 0.136. The van der Waals surface area contributed by atoms with E-state index in [1.807, 2.05) is 4.90 Å². The molecule has 2 atom stereocenters. The Balaban J connectivity index is 1.72. The predicted octanol–water partition coefficient (Wildman–Crippen LogP) is 0.685. The van der Waals surface area contributed by atoms with Gasteiger partial charge in [-0.15, -0.1) is 0 Å². The van der Waals surface area contributed by atoms with Gasteiger partial charge in [0.1, 0.15) is 0 Å². The van der Waals surface area contributed by atoms with Crippen molar-refractivity contribution in [1.82, 2.24) is 9.80 Å². The summed E-state index contributed by atoms with van der Waals surface area (Å²) in [6.45, 7) is 5.86. The molecule has 0 bridgehead atoms. The van der Waals surface area contributed by atoms with Crippen LogP contribution in [-0.2, 0) is 9.53 Å². The molecule has 2 rings (SSSR count). The first-order valence-electron chi connectivity index (χ1n) is 7.96. The van der Waals surface area contributed by atoms with E-state index in [0.29, 0.717) is 18.9 Å². The zero-order chi connectivity index (χ0) is 14.4. The van der Waals surface area contributed by atoms with E-state index in [4.69, 9.17) is 10.5 Å². The van der Waals surface area contributed by atoms with E-state index in [2.05, 4.69) is 4.90 Å². The number of rotatable bonds is 6. The highest BCUT2D eigenvalue weighted by Gasteiger charge is 2.28. The molecule has 0 aliphatic carbocycles. The third kappa shape index (κ3) is 4.43. The van der Waals surface area contributed by atoms with Crippen LogP contribution < -0.4 is 5.73 Å². The number of methoxy groups -OCH3 is 1. The minimum atomic E-state index is -0.136. The summed E-state index contributed by atoms with van der Waals surface area (Å²) in [6.07, 6.45) is 5.47. The number of hydrogen-bond donors (Lipinski definition) is 1. The first-order valence-corrected chi connectivity index (χ1v) is 7.96. The molecule has 2 saturated heterocycles. The van der Waals surface area contributed by atoms with Crippen molar-refractivity contribution < 1.29 is 9.53 Å². The zero-order valence-corrected chi connectivity index (χ0v) is 12.7. The second-order valence-electron chi connectivity index (χ2n) is 6.15. The number of nitrogens with two attached hydrogens (primary N) is 1. The number of nitrogens with zero attached hydrogens (tertiary/aromatic N) is 2.